The largest absolute Gasteiger partial charge is 0.515 e. The summed E-state index contributed by atoms with van der Waals surface area (Å²) in [4.78, 5) is 56.4. The van der Waals surface area contributed by atoms with Gasteiger partial charge in [0.15, 0.2) is 5.78 Å². The van der Waals surface area contributed by atoms with Crippen molar-refractivity contribution in [1.82, 2.24) is 5.32 Å². The number of esters is 2. The zero-order chi connectivity index (χ0) is 46.4. The maximum atomic E-state index is 14.4. The van der Waals surface area contributed by atoms with Gasteiger partial charge in [-0.05, 0) is 105 Å². The number of Topliss-reactive ketones (excluding diaryl/α,β-unsaturated/α-hetero) is 1. The third-order valence-electron chi connectivity index (χ3n) is 14.0. The first-order valence-electron chi connectivity index (χ1n) is 23.6. The number of hydrogen-bond acceptors (Lipinski definition) is 10. The molecule has 8 bridgehead atoms. The van der Waals surface area contributed by atoms with Gasteiger partial charge in [-0.25, -0.2) is 15.0 Å². The Morgan fingerprint density at radius 2 is 1.64 bits per heavy atom. The third-order valence-corrected chi connectivity index (χ3v) is 14.0. The van der Waals surface area contributed by atoms with E-state index < -0.39 is 11.9 Å². The highest BCUT2D eigenvalue weighted by Crippen LogP contribution is 2.47. The van der Waals surface area contributed by atoms with Gasteiger partial charge >= 0.3 is 11.9 Å². The van der Waals surface area contributed by atoms with Crippen molar-refractivity contribution >= 4 is 34.9 Å². The maximum Gasteiger partial charge on any atom is 0.321 e. The molecule has 342 valence electrons. The van der Waals surface area contributed by atoms with Crippen LogP contribution in [0.3, 0.4) is 0 Å². The number of ketones is 1. The molecule has 0 spiro atoms. The van der Waals surface area contributed by atoms with Gasteiger partial charge in [0.1, 0.15) is 12.5 Å². The number of rotatable bonds is 19. The minimum absolute atomic E-state index is 0.138. The van der Waals surface area contributed by atoms with Crippen molar-refractivity contribution in [2.24, 2.45) is 50.5 Å². The van der Waals surface area contributed by atoms with Crippen molar-refractivity contribution in [2.45, 2.75) is 133 Å². The lowest BCUT2D eigenvalue weighted by Gasteiger charge is -2.19. The van der Waals surface area contributed by atoms with Crippen LogP contribution in [0.4, 0.5) is 0 Å². The highest BCUT2D eigenvalue weighted by molar-refractivity contribution is 6.42. The van der Waals surface area contributed by atoms with Crippen molar-refractivity contribution in [2.75, 3.05) is 13.7 Å². The quantitative estimate of drug-likeness (QED) is 0.0570. The van der Waals surface area contributed by atoms with Crippen LogP contribution in [0.5, 0.6) is 0 Å². The van der Waals surface area contributed by atoms with Crippen LogP contribution < -0.4 is 5.32 Å². The van der Waals surface area contributed by atoms with Gasteiger partial charge in [0.2, 0.25) is 0 Å². The number of carbonyl (C=O) groups excluding carboxylic acids is 3. The number of hydrogen-bond donors (Lipinski definition) is 2. The summed E-state index contributed by atoms with van der Waals surface area (Å²) in [5.41, 5.74) is 10.9. The van der Waals surface area contributed by atoms with E-state index in [0.29, 0.717) is 81.0 Å². The number of aliphatic hydroxyl groups is 1. The van der Waals surface area contributed by atoms with E-state index in [4.69, 9.17) is 24.5 Å². The number of methoxy groups -OCH3 is 1. The van der Waals surface area contributed by atoms with E-state index >= 15 is 0 Å². The van der Waals surface area contributed by atoms with E-state index in [1.807, 2.05) is 45.1 Å². The Hall–Kier alpha value is -5.38. The van der Waals surface area contributed by atoms with Crippen LogP contribution in [0, 0.1) is 35.5 Å². The first-order valence-corrected chi connectivity index (χ1v) is 23.6. The first kappa shape index (κ1) is 48.1. The van der Waals surface area contributed by atoms with Gasteiger partial charge in [-0.15, -0.1) is 0 Å². The number of nitrogens with one attached hydrogen (secondary N) is 1. The predicted octanol–water partition coefficient (Wildman–Crippen LogP) is 11.7. The molecule has 1 saturated carbocycles. The Labute approximate surface area is 381 Å². The predicted molar refractivity (Wildman–Crippen MR) is 258 cm³/mol. The van der Waals surface area contributed by atoms with Gasteiger partial charge in [0.05, 0.1) is 47.6 Å². The van der Waals surface area contributed by atoms with E-state index in [2.05, 4.69) is 53.4 Å². The molecule has 1 aliphatic carbocycles. The minimum Gasteiger partial charge on any atom is -0.515 e. The van der Waals surface area contributed by atoms with Crippen LogP contribution >= 0.6 is 0 Å². The van der Waals surface area contributed by atoms with Crippen LogP contribution in [-0.2, 0) is 23.9 Å². The normalized spacial score (nSPS) is 23.4. The van der Waals surface area contributed by atoms with Gasteiger partial charge in [-0.3, -0.25) is 14.4 Å². The SMILES string of the molecule is C=CC1=C(C)C2=NC1=CC1=NC(=C(CC)C1=CO)C=C1N=C3C(=C1C)C(=O)C(C(=O)OC)C3=C1NC(=C2)C(C)C1CCC(=O)OCC=C(C)CCCC(C)CCCC(C)CCC(C)C. The van der Waals surface area contributed by atoms with Crippen molar-refractivity contribution in [3.8, 4) is 0 Å². The molecule has 2 fully saturated rings. The molecule has 10 nitrogen and oxygen atoms in total. The molecule has 6 rings (SSSR count). The molecule has 6 aliphatic rings. The number of ether oxygens (including phenoxy) is 2. The van der Waals surface area contributed by atoms with E-state index in [0.717, 1.165) is 53.4 Å². The molecule has 0 aromatic carbocycles. The fourth-order valence-electron chi connectivity index (χ4n) is 9.89. The summed E-state index contributed by atoms with van der Waals surface area (Å²) in [5.74, 6) is -0.754. The van der Waals surface area contributed by atoms with Crippen LogP contribution in [0.25, 0.3) is 0 Å². The highest BCUT2D eigenvalue weighted by Gasteiger charge is 2.52. The molecule has 5 atom stereocenters. The maximum absolute atomic E-state index is 14.4. The average Bonchev–Trinajstić information content (AvgIpc) is 4.02. The lowest BCUT2D eigenvalue weighted by atomic mass is 9.85. The molecule has 10 heteroatoms. The molecule has 5 unspecified atom stereocenters. The van der Waals surface area contributed by atoms with Crippen molar-refractivity contribution in [1.29, 1.82) is 0 Å². The lowest BCUT2D eigenvalue weighted by Crippen LogP contribution is -2.26. The first-order chi connectivity index (χ1) is 30.6. The Balaban J connectivity index is 1.24. The summed E-state index contributed by atoms with van der Waals surface area (Å²) in [6.07, 6.45) is 21.5. The van der Waals surface area contributed by atoms with E-state index in [1.54, 1.807) is 6.08 Å². The smallest absolute Gasteiger partial charge is 0.321 e. The molecule has 5 heterocycles. The molecule has 0 aromatic heterocycles. The van der Waals surface area contributed by atoms with Gasteiger partial charge < -0.3 is 19.9 Å². The number of fused-ring (bicyclic) bond motifs is 5. The Bertz CT molecular complexity index is 2330. The molecule has 0 aromatic rings. The number of nitrogens with zero attached hydrogens (tertiary/aromatic N) is 3. The summed E-state index contributed by atoms with van der Waals surface area (Å²) in [7, 11) is 1.29. The summed E-state index contributed by atoms with van der Waals surface area (Å²) in [6, 6.07) is 0. The molecule has 1 saturated heterocycles. The van der Waals surface area contributed by atoms with Crippen LogP contribution in [0.1, 0.15) is 133 Å². The number of carbonyl (C=O) groups is 3. The standard InChI is InChI=1S/C54H70N4O6/c1-12-37-34(8)41-26-42-35(9)39(22-23-47(60)64-25-24-33(7)19-15-17-31(5)16-14-18-32(6)21-20-30(3)4)51(57-42)49-50(54(62)63-11)53(61)48-36(10)43(58-52(48)49)27-45-38(13-2)40(29-59)46(56-45)28-44(37)55-41/h12,24,26-32,35,39,50,57,59H,1,13-23,25H2,2-11H3. The van der Waals surface area contributed by atoms with Gasteiger partial charge in [-0.1, -0.05) is 98.3 Å². The van der Waals surface area contributed by atoms with Gasteiger partial charge in [0.25, 0.3) is 0 Å². The van der Waals surface area contributed by atoms with Crippen molar-refractivity contribution in [3.63, 3.8) is 0 Å². The Kier molecular flexibility index (Phi) is 15.8. The molecule has 0 amide bonds. The molecule has 2 N–H and O–H groups in total. The van der Waals surface area contributed by atoms with Gasteiger partial charge in [-0.2, -0.15) is 0 Å². The third kappa shape index (κ3) is 10.3. The van der Waals surface area contributed by atoms with Crippen molar-refractivity contribution in [3.05, 3.63) is 116 Å². The second-order valence-electron chi connectivity index (χ2n) is 19.1. The van der Waals surface area contributed by atoms with Crippen LogP contribution in [0.15, 0.2) is 131 Å². The number of aliphatic hydroxyl groups excluding tert-OH is 1. The summed E-state index contributed by atoms with van der Waals surface area (Å²) in [5, 5.41) is 14.1. The second kappa shape index (κ2) is 21.1. The van der Waals surface area contributed by atoms with E-state index in [-0.39, 0.29) is 36.6 Å². The Morgan fingerprint density at radius 1 is 0.922 bits per heavy atom. The fourth-order valence-corrected chi connectivity index (χ4v) is 9.89. The van der Waals surface area contributed by atoms with Crippen molar-refractivity contribution < 1.29 is 29.0 Å². The van der Waals surface area contributed by atoms with Crippen LogP contribution in [0.2, 0.25) is 0 Å². The average molecular weight is 871 g/mol. The van der Waals surface area contributed by atoms with E-state index in [9.17, 15) is 19.5 Å². The number of allylic oxidation sites excluding steroid dienone is 12. The second-order valence-corrected chi connectivity index (χ2v) is 19.1. The van der Waals surface area contributed by atoms with Gasteiger partial charge in [0, 0.05) is 51.9 Å². The van der Waals surface area contributed by atoms with E-state index in [1.165, 1.54) is 51.2 Å². The Morgan fingerprint density at radius 3 is 2.31 bits per heavy atom. The van der Waals surface area contributed by atoms with Crippen LogP contribution in [-0.4, -0.2) is 53.7 Å². The zero-order valence-electron chi connectivity index (χ0n) is 40.0. The molecule has 64 heavy (non-hydrogen) atoms. The molecular formula is C54H70N4O6. The molecular weight excluding hydrogens is 801 g/mol. The fraction of sp³-hybridized carbons (Fsp3) is 0.519. The molecule has 5 aliphatic heterocycles. The highest BCUT2D eigenvalue weighted by atomic mass is 16.5. The lowest BCUT2D eigenvalue weighted by molar-refractivity contribution is -0.146. The minimum atomic E-state index is -1.23. The number of aliphatic imine (C=N–C) groups is 3. The summed E-state index contributed by atoms with van der Waals surface area (Å²) >= 11 is 0. The summed E-state index contributed by atoms with van der Waals surface area (Å²) in [6.45, 7) is 23.7. The summed E-state index contributed by atoms with van der Waals surface area (Å²) < 4.78 is 11.0. The topological polar surface area (TPSA) is 139 Å². The monoisotopic (exact) mass is 871 g/mol. The zero-order valence-corrected chi connectivity index (χ0v) is 40.0. The molecule has 0 radical (unpaired) electrons.